The average molecular weight is 675 g/mol. The highest BCUT2D eigenvalue weighted by molar-refractivity contribution is 5.45. The Bertz CT molecular complexity index is 1580. The fourth-order valence-electron chi connectivity index (χ4n) is 5.14. The Morgan fingerprint density at radius 1 is 0.360 bits per heavy atom. The minimum absolute atomic E-state index is 0.511. The molecule has 0 saturated carbocycles. The van der Waals surface area contributed by atoms with Crippen molar-refractivity contribution in [2.24, 2.45) is 0 Å². The summed E-state index contributed by atoms with van der Waals surface area (Å²) in [5.74, 6) is 3.18. The topological polar surface area (TPSA) is 150 Å². The van der Waals surface area contributed by atoms with E-state index in [0.29, 0.717) is 61.9 Å². The molecule has 0 amide bonds. The molecule has 0 saturated heterocycles. The molecule has 0 aliphatic heterocycles. The zero-order valence-electron chi connectivity index (χ0n) is 29.3. The van der Waals surface area contributed by atoms with Gasteiger partial charge >= 0.3 is 0 Å². The molecule has 2 aromatic heterocycles. The number of nitrogens with zero attached hydrogens (tertiary/aromatic N) is 6. The number of hydrogen-bond donors (Lipinski definition) is 6. The predicted octanol–water partition coefficient (Wildman–Crippen LogP) is 7.71. The molecule has 0 fully saturated rings. The third-order valence-corrected chi connectivity index (χ3v) is 7.88. The maximum atomic E-state index is 4.66. The van der Waals surface area contributed by atoms with Gasteiger partial charge in [0.2, 0.25) is 35.7 Å². The average Bonchev–Trinajstić information content (AvgIpc) is 3.16. The van der Waals surface area contributed by atoms with Crippen LogP contribution in [0, 0.1) is 0 Å². The van der Waals surface area contributed by atoms with Gasteiger partial charge in [-0.3, -0.25) is 0 Å². The van der Waals surface area contributed by atoms with Crippen molar-refractivity contribution in [3.8, 4) is 0 Å². The highest BCUT2D eigenvalue weighted by atomic mass is 15.3. The van der Waals surface area contributed by atoms with E-state index in [2.05, 4.69) is 124 Å². The van der Waals surface area contributed by atoms with Crippen LogP contribution in [0.25, 0.3) is 0 Å². The minimum Gasteiger partial charge on any atom is -0.354 e. The number of nitrogens with one attached hydrogen (secondary N) is 6. The van der Waals surface area contributed by atoms with E-state index in [1.165, 1.54) is 0 Å². The molecule has 12 heteroatoms. The first-order valence-electron chi connectivity index (χ1n) is 17.8. The third-order valence-electron chi connectivity index (χ3n) is 7.88. The smallest absolute Gasteiger partial charge is 0.229 e. The fourth-order valence-corrected chi connectivity index (χ4v) is 5.14. The van der Waals surface area contributed by atoms with Crippen LogP contribution in [0.1, 0.15) is 74.6 Å². The quantitative estimate of drug-likeness (QED) is 0.0399. The Morgan fingerprint density at radius 3 is 1.04 bits per heavy atom. The third kappa shape index (κ3) is 12.5. The molecule has 0 atom stereocenters. The molecule has 3 aromatic carbocycles. The first kappa shape index (κ1) is 35.8. The van der Waals surface area contributed by atoms with Crippen molar-refractivity contribution in [1.29, 1.82) is 0 Å². The second-order valence-electron chi connectivity index (χ2n) is 12.1. The van der Waals surface area contributed by atoms with E-state index in [4.69, 9.17) is 0 Å². The summed E-state index contributed by atoms with van der Waals surface area (Å²) in [4.78, 5) is 27.8. The van der Waals surface area contributed by atoms with Crippen LogP contribution in [-0.4, -0.2) is 43.0 Å². The van der Waals surface area contributed by atoms with Crippen LogP contribution in [0.3, 0.4) is 0 Å². The van der Waals surface area contributed by atoms with Crippen molar-refractivity contribution in [3.05, 3.63) is 107 Å². The lowest BCUT2D eigenvalue weighted by atomic mass is 10.1. The Hall–Kier alpha value is -5.52. The second-order valence-corrected chi connectivity index (χ2v) is 12.1. The standard InChI is InChI=1S/C38H50N12/c1-3-5-13-22-39-33-45-35(41-25-29-16-9-7-10-17-29)49-37(47-33)43-27-31-20-15-21-32(24-31)28-44-38-48-34(40-23-14-6-4-2)46-36(50-38)42-26-30-18-11-8-12-19-30/h7-12,15-21,24H,3-6,13-14,22-23,25-28H2,1-2H3,(H3,39,41,43,45,47,49)(H3,40,42,44,46,48,50). The fraction of sp³-hybridized carbons (Fsp3) is 0.368. The first-order chi connectivity index (χ1) is 24.7. The molecule has 0 spiro atoms. The van der Waals surface area contributed by atoms with Crippen LogP contribution < -0.4 is 31.9 Å². The molecule has 0 aliphatic rings. The molecule has 0 radical (unpaired) electrons. The van der Waals surface area contributed by atoms with Crippen LogP contribution in [-0.2, 0) is 26.2 Å². The van der Waals surface area contributed by atoms with Crippen LogP contribution in [0.15, 0.2) is 84.9 Å². The van der Waals surface area contributed by atoms with Gasteiger partial charge in [-0.1, -0.05) is 124 Å². The molecule has 262 valence electrons. The molecule has 5 rings (SSSR count). The van der Waals surface area contributed by atoms with E-state index in [-0.39, 0.29) is 0 Å². The zero-order valence-corrected chi connectivity index (χ0v) is 29.3. The number of unbranched alkanes of at least 4 members (excludes halogenated alkanes) is 4. The van der Waals surface area contributed by atoms with Crippen molar-refractivity contribution >= 4 is 35.7 Å². The van der Waals surface area contributed by atoms with Crippen molar-refractivity contribution in [2.45, 2.75) is 78.6 Å². The Labute approximate surface area is 295 Å². The van der Waals surface area contributed by atoms with Crippen molar-refractivity contribution < 1.29 is 0 Å². The van der Waals surface area contributed by atoms with Gasteiger partial charge in [-0.05, 0) is 35.1 Å². The lowest BCUT2D eigenvalue weighted by Crippen LogP contribution is -2.14. The summed E-state index contributed by atoms with van der Waals surface area (Å²) in [6, 6.07) is 28.8. The van der Waals surface area contributed by atoms with Gasteiger partial charge in [0.25, 0.3) is 0 Å². The largest absolute Gasteiger partial charge is 0.354 e. The van der Waals surface area contributed by atoms with Gasteiger partial charge in [-0.15, -0.1) is 0 Å². The van der Waals surface area contributed by atoms with Gasteiger partial charge in [-0.2, -0.15) is 29.9 Å². The molecular formula is C38H50N12. The Balaban J connectivity index is 1.21. The summed E-state index contributed by atoms with van der Waals surface area (Å²) in [7, 11) is 0. The van der Waals surface area contributed by atoms with Crippen molar-refractivity contribution in [1.82, 2.24) is 29.9 Å². The van der Waals surface area contributed by atoms with Crippen LogP contribution >= 0.6 is 0 Å². The molecular weight excluding hydrogens is 625 g/mol. The lowest BCUT2D eigenvalue weighted by molar-refractivity contribution is 0.740. The van der Waals surface area contributed by atoms with E-state index in [1.54, 1.807) is 0 Å². The van der Waals surface area contributed by atoms with Gasteiger partial charge in [0.1, 0.15) is 0 Å². The molecule has 2 heterocycles. The summed E-state index contributed by atoms with van der Waals surface area (Å²) < 4.78 is 0. The summed E-state index contributed by atoms with van der Waals surface area (Å²) in [6.07, 6.45) is 6.75. The first-order valence-corrected chi connectivity index (χ1v) is 17.8. The van der Waals surface area contributed by atoms with Crippen LogP contribution in [0.2, 0.25) is 0 Å². The van der Waals surface area contributed by atoms with E-state index in [9.17, 15) is 0 Å². The molecule has 0 bridgehead atoms. The van der Waals surface area contributed by atoms with E-state index in [0.717, 1.165) is 73.9 Å². The summed E-state index contributed by atoms with van der Waals surface area (Å²) in [5.41, 5.74) is 4.50. The predicted molar refractivity (Wildman–Crippen MR) is 204 cm³/mol. The molecule has 0 aliphatic carbocycles. The van der Waals surface area contributed by atoms with Gasteiger partial charge < -0.3 is 31.9 Å². The van der Waals surface area contributed by atoms with E-state index in [1.807, 2.05) is 36.4 Å². The van der Waals surface area contributed by atoms with E-state index < -0.39 is 0 Å². The number of aromatic nitrogens is 6. The highest BCUT2D eigenvalue weighted by Crippen LogP contribution is 2.16. The van der Waals surface area contributed by atoms with Gasteiger partial charge in [0.05, 0.1) is 0 Å². The summed E-state index contributed by atoms with van der Waals surface area (Å²) >= 11 is 0. The SMILES string of the molecule is CCCCCNc1nc(NCc2ccccc2)nc(NCc2cccc(CNc3nc(NCCCCC)nc(NCc4ccccc4)n3)c2)n1. The highest BCUT2D eigenvalue weighted by Gasteiger charge is 2.09. The second kappa shape index (κ2) is 20.1. The minimum atomic E-state index is 0.511. The lowest BCUT2D eigenvalue weighted by Gasteiger charge is -2.13. The maximum Gasteiger partial charge on any atom is 0.229 e. The summed E-state index contributed by atoms with van der Waals surface area (Å²) in [5, 5.41) is 20.2. The normalized spacial score (nSPS) is 10.8. The number of hydrogen-bond acceptors (Lipinski definition) is 12. The zero-order chi connectivity index (χ0) is 34.6. The van der Waals surface area contributed by atoms with Crippen molar-refractivity contribution in [3.63, 3.8) is 0 Å². The number of rotatable bonds is 22. The molecule has 6 N–H and O–H groups in total. The van der Waals surface area contributed by atoms with Crippen molar-refractivity contribution in [2.75, 3.05) is 45.0 Å². The van der Waals surface area contributed by atoms with Crippen LogP contribution in [0.4, 0.5) is 35.7 Å². The molecule has 0 unspecified atom stereocenters. The number of benzene rings is 3. The van der Waals surface area contributed by atoms with Gasteiger partial charge in [-0.25, -0.2) is 0 Å². The van der Waals surface area contributed by atoms with Gasteiger partial charge in [0, 0.05) is 39.3 Å². The van der Waals surface area contributed by atoms with Gasteiger partial charge in [0.15, 0.2) is 0 Å². The Morgan fingerprint density at radius 2 is 0.680 bits per heavy atom. The summed E-state index contributed by atoms with van der Waals surface area (Å²) in [6.45, 7) is 8.36. The molecule has 12 nitrogen and oxygen atoms in total. The number of anilines is 6. The van der Waals surface area contributed by atoms with E-state index >= 15 is 0 Å². The molecule has 5 aromatic rings. The monoisotopic (exact) mass is 674 g/mol. The Kier molecular flexibility index (Phi) is 14.4. The molecule has 50 heavy (non-hydrogen) atoms. The maximum absolute atomic E-state index is 4.66. The van der Waals surface area contributed by atoms with Crippen LogP contribution in [0.5, 0.6) is 0 Å².